The zero-order valence-electron chi connectivity index (χ0n) is 15.8. The minimum Gasteiger partial charge on any atom is -0.497 e. The monoisotopic (exact) mass is 356 g/mol. The van der Waals surface area contributed by atoms with Crippen LogP contribution in [0, 0.1) is 6.92 Å². The molecule has 0 saturated heterocycles. The Hall–Kier alpha value is -2.50. The highest BCUT2D eigenvalue weighted by atomic mass is 16.5. The van der Waals surface area contributed by atoms with Crippen molar-refractivity contribution in [3.63, 3.8) is 0 Å². The Balaban J connectivity index is 1.79. The summed E-state index contributed by atoms with van der Waals surface area (Å²) in [6.45, 7) is 1.98. The Bertz CT molecular complexity index is 728. The number of aromatic nitrogens is 2. The number of hydrogen-bond acceptors (Lipinski definition) is 6. The van der Waals surface area contributed by atoms with Crippen LogP contribution in [0.15, 0.2) is 24.3 Å². The first-order valence-electron chi connectivity index (χ1n) is 9.29. The molecule has 6 heteroatoms. The third-order valence-electron chi connectivity index (χ3n) is 4.71. The summed E-state index contributed by atoms with van der Waals surface area (Å²) < 4.78 is 10.7. The zero-order valence-corrected chi connectivity index (χ0v) is 15.8. The van der Waals surface area contributed by atoms with Gasteiger partial charge in [0.05, 0.1) is 19.9 Å². The van der Waals surface area contributed by atoms with Crippen LogP contribution in [0.25, 0.3) is 0 Å². The van der Waals surface area contributed by atoms with E-state index < -0.39 is 0 Å². The number of ether oxygens (including phenoxy) is 2. The second-order valence-corrected chi connectivity index (χ2v) is 6.74. The van der Waals surface area contributed by atoms with Gasteiger partial charge in [-0.1, -0.05) is 25.7 Å². The molecular formula is C20H28N4O2. The average molecular weight is 356 g/mol. The number of aryl methyl sites for hydroxylation is 1. The van der Waals surface area contributed by atoms with Crippen LogP contribution < -0.4 is 20.1 Å². The number of anilines is 3. The highest BCUT2D eigenvalue weighted by molar-refractivity contribution is 5.65. The Labute approximate surface area is 155 Å². The molecule has 2 N–H and O–H groups in total. The van der Waals surface area contributed by atoms with Crippen molar-refractivity contribution < 1.29 is 9.47 Å². The molecule has 1 heterocycles. The molecule has 0 spiro atoms. The van der Waals surface area contributed by atoms with Crippen molar-refractivity contribution in [3.05, 3.63) is 30.0 Å². The van der Waals surface area contributed by atoms with Crippen molar-refractivity contribution in [2.75, 3.05) is 24.9 Å². The fraction of sp³-hybridized carbons (Fsp3) is 0.500. The van der Waals surface area contributed by atoms with Crippen molar-refractivity contribution in [2.45, 2.75) is 51.5 Å². The third-order valence-corrected chi connectivity index (χ3v) is 4.71. The van der Waals surface area contributed by atoms with Crippen molar-refractivity contribution in [3.8, 4) is 11.5 Å². The van der Waals surface area contributed by atoms with Crippen LogP contribution in [0.1, 0.15) is 44.2 Å². The second kappa shape index (κ2) is 8.74. The topological polar surface area (TPSA) is 68.3 Å². The van der Waals surface area contributed by atoms with Crippen LogP contribution in [0.2, 0.25) is 0 Å². The Morgan fingerprint density at radius 1 is 0.962 bits per heavy atom. The molecule has 1 aliphatic carbocycles. The van der Waals surface area contributed by atoms with Crippen LogP contribution in [0.3, 0.4) is 0 Å². The van der Waals surface area contributed by atoms with Crippen LogP contribution >= 0.6 is 0 Å². The Morgan fingerprint density at radius 3 is 2.42 bits per heavy atom. The highest BCUT2D eigenvalue weighted by Gasteiger charge is 2.14. The van der Waals surface area contributed by atoms with E-state index in [-0.39, 0.29) is 0 Å². The van der Waals surface area contributed by atoms with Gasteiger partial charge in [0, 0.05) is 23.9 Å². The molecule has 3 rings (SSSR count). The van der Waals surface area contributed by atoms with E-state index in [2.05, 4.69) is 20.6 Å². The maximum absolute atomic E-state index is 5.42. The van der Waals surface area contributed by atoms with Gasteiger partial charge in [-0.05, 0) is 31.9 Å². The molecule has 1 saturated carbocycles. The maximum atomic E-state index is 5.42. The third kappa shape index (κ3) is 4.77. The summed E-state index contributed by atoms with van der Waals surface area (Å²) in [7, 11) is 3.28. The van der Waals surface area contributed by atoms with Crippen molar-refractivity contribution >= 4 is 17.5 Å². The molecule has 6 nitrogen and oxygen atoms in total. The Kier molecular flexibility index (Phi) is 6.15. The van der Waals surface area contributed by atoms with Gasteiger partial charge in [-0.3, -0.25) is 0 Å². The summed E-state index contributed by atoms with van der Waals surface area (Å²) in [6.07, 6.45) is 7.65. The molecule has 0 unspecified atom stereocenters. The molecule has 0 bridgehead atoms. The van der Waals surface area contributed by atoms with Crippen LogP contribution in [0.5, 0.6) is 11.5 Å². The van der Waals surface area contributed by atoms with E-state index in [1.807, 2.05) is 31.2 Å². The molecule has 0 amide bonds. The molecule has 1 aromatic heterocycles. The molecule has 1 aromatic carbocycles. The van der Waals surface area contributed by atoms with E-state index in [9.17, 15) is 0 Å². The van der Waals surface area contributed by atoms with E-state index in [1.54, 1.807) is 14.2 Å². The van der Waals surface area contributed by atoms with E-state index in [0.717, 1.165) is 22.9 Å². The van der Waals surface area contributed by atoms with Gasteiger partial charge in [-0.2, -0.15) is 4.98 Å². The number of hydrogen-bond donors (Lipinski definition) is 2. The molecule has 0 atom stereocenters. The van der Waals surface area contributed by atoms with Crippen LogP contribution in [-0.4, -0.2) is 30.2 Å². The quantitative estimate of drug-likeness (QED) is 0.733. The lowest BCUT2D eigenvalue weighted by atomic mass is 10.1. The summed E-state index contributed by atoms with van der Waals surface area (Å²) >= 11 is 0. The first-order valence-corrected chi connectivity index (χ1v) is 9.29. The lowest BCUT2D eigenvalue weighted by Gasteiger charge is -2.18. The summed E-state index contributed by atoms with van der Waals surface area (Å²) in [5, 5.41) is 6.85. The van der Waals surface area contributed by atoms with Crippen molar-refractivity contribution in [2.24, 2.45) is 0 Å². The van der Waals surface area contributed by atoms with Gasteiger partial charge in [0.25, 0.3) is 0 Å². The fourth-order valence-electron chi connectivity index (χ4n) is 3.36. The summed E-state index contributed by atoms with van der Waals surface area (Å²) in [5.41, 5.74) is 1.69. The zero-order chi connectivity index (χ0) is 18.4. The number of benzene rings is 1. The van der Waals surface area contributed by atoms with Gasteiger partial charge < -0.3 is 20.1 Å². The Morgan fingerprint density at radius 2 is 1.73 bits per heavy atom. The van der Waals surface area contributed by atoms with Gasteiger partial charge in [0.1, 0.15) is 17.3 Å². The van der Waals surface area contributed by atoms with Crippen molar-refractivity contribution in [1.29, 1.82) is 0 Å². The van der Waals surface area contributed by atoms with Gasteiger partial charge >= 0.3 is 0 Å². The highest BCUT2D eigenvalue weighted by Crippen LogP contribution is 2.31. The van der Waals surface area contributed by atoms with E-state index in [4.69, 9.17) is 9.47 Å². The van der Waals surface area contributed by atoms with Gasteiger partial charge in [-0.15, -0.1) is 0 Å². The SMILES string of the molecule is COc1ccc(OC)c(Nc2nc(C)cc(NC3CCCCCC3)n2)c1. The maximum Gasteiger partial charge on any atom is 0.229 e. The normalized spacial score (nSPS) is 15.2. The molecule has 140 valence electrons. The minimum atomic E-state index is 0.492. The first-order chi connectivity index (χ1) is 12.7. The predicted octanol–water partition coefficient (Wildman–Crippen LogP) is 4.68. The number of methoxy groups -OCH3 is 2. The van der Waals surface area contributed by atoms with Gasteiger partial charge in [0.15, 0.2) is 0 Å². The molecule has 1 aliphatic rings. The van der Waals surface area contributed by atoms with Crippen molar-refractivity contribution in [1.82, 2.24) is 9.97 Å². The van der Waals surface area contributed by atoms with E-state index >= 15 is 0 Å². The second-order valence-electron chi connectivity index (χ2n) is 6.74. The molecule has 1 fully saturated rings. The number of nitrogens with zero attached hydrogens (tertiary/aromatic N) is 2. The fourth-order valence-corrected chi connectivity index (χ4v) is 3.36. The first kappa shape index (κ1) is 18.3. The lowest BCUT2D eigenvalue weighted by molar-refractivity contribution is 0.405. The number of nitrogens with one attached hydrogen (secondary N) is 2. The van der Waals surface area contributed by atoms with E-state index in [0.29, 0.717) is 17.7 Å². The molecule has 0 radical (unpaired) electrons. The summed E-state index contributed by atoms with van der Waals surface area (Å²) in [6, 6.07) is 8.09. The van der Waals surface area contributed by atoms with Gasteiger partial charge in [-0.25, -0.2) is 4.98 Å². The minimum absolute atomic E-state index is 0.492. The van der Waals surface area contributed by atoms with Crippen LogP contribution in [0.4, 0.5) is 17.5 Å². The molecule has 26 heavy (non-hydrogen) atoms. The largest absolute Gasteiger partial charge is 0.497 e. The molecule has 0 aliphatic heterocycles. The average Bonchev–Trinajstić information content (AvgIpc) is 2.90. The standard InChI is InChI=1S/C20H28N4O2/c1-14-12-19(22-15-8-6-4-5-7-9-15)24-20(21-14)23-17-13-16(25-2)10-11-18(17)26-3/h10-13,15H,4-9H2,1-3H3,(H2,21,22,23,24). The summed E-state index contributed by atoms with van der Waals surface area (Å²) in [5.74, 6) is 2.88. The summed E-state index contributed by atoms with van der Waals surface area (Å²) in [4.78, 5) is 9.17. The van der Waals surface area contributed by atoms with Gasteiger partial charge in [0.2, 0.25) is 5.95 Å². The van der Waals surface area contributed by atoms with Crippen LogP contribution in [-0.2, 0) is 0 Å². The van der Waals surface area contributed by atoms with E-state index in [1.165, 1.54) is 38.5 Å². The number of rotatable bonds is 6. The molecule has 2 aromatic rings. The smallest absolute Gasteiger partial charge is 0.229 e. The lowest BCUT2D eigenvalue weighted by Crippen LogP contribution is -2.19. The molecular weight excluding hydrogens is 328 g/mol. The predicted molar refractivity (Wildman–Crippen MR) is 105 cm³/mol.